The number of benzene rings is 2. The van der Waals surface area contributed by atoms with Gasteiger partial charge in [-0.2, -0.15) is 0 Å². The van der Waals surface area contributed by atoms with Crippen LogP contribution in [0.2, 0.25) is 0 Å². The Hall–Kier alpha value is -2.34. The standard InChI is InChI=1S/C21H29N3O2S/c1-5-17-6-8-18(9-7-17)12-13-23-21(22-3)24-15-19-10-11-20(16(2)14-19)27(4,25)26/h6-11,14H,5,12-13,15H2,1-4H3,(H2,22,23,24). The van der Waals surface area contributed by atoms with E-state index in [0.29, 0.717) is 11.4 Å². The zero-order valence-corrected chi connectivity index (χ0v) is 17.4. The molecule has 0 amide bonds. The molecule has 0 unspecified atom stereocenters. The van der Waals surface area contributed by atoms with Gasteiger partial charge in [-0.1, -0.05) is 43.3 Å². The summed E-state index contributed by atoms with van der Waals surface area (Å²) in [7, 11) is -1.45. The zero-order valence-electron chi connectivity index (χ0n) is 16.5. The highest BCUT2D eigenvalue weighted by Gasteiger charge is 2.10. The topological polar surface area (TPSA) is 70.6 Å². The predicted molar refractivity (Wildman–Crippen MR) is 112 cm³/mol. The summed E-state index contributed by atoms with van der Waals surface area (Å²) >= 11 is 0. The lowest BCUT2D eigenvalue weighted by Crippen LogP contribution is -2.37. The lowest BCUT2D eigenvalue weighted by Gasteiger charge is -2.13. The van der Waals surface area contributed by atoms with E-state index in [0.717, 1.165) is 36.5 Å². The molecule has 0 radical (unpaired) electrons. The van der Waals surface area contributed by atoms with Crippen molar-refractivity contribution in [3.8, 4) is 0 Å². The van der Waals surface area contributed by atoms with E-state index in [2.05, 4.69) is 46.8 Å². The minimum Gasteiger partial charge on any atom is -0.356 e. The van der Waals surface area contributed by atoms with Crippen LogP contribution in [0.15, 0.2) is 52.4 Å². The fourth-order valence-corrected chi connectivity index (χ4v) is 3.87. The van der Waals surface area contributed by atoms with Gasteiger partial charge in [0.2, 0.25) is 0 Å². The van der Waals surface area contributed by atoms with Crippen molar-refractivity contribution in [2.75, 3.05) is 19.8 Å². The average Bonchev–Trinajstić information content (AvgIpc) is 2.64. The second kappa shape index (κ2) is 9.55. The molecule has 146 valence electrons. The van der Waals surface area contributed by atoms with Crippen LogP contribution in [-0.2, 0) is 29.2 Å². The Morgan fingerprint density at radius 1 is 1.00 bits per heavy atom. The fourth-order valence-electron chi connectivity index (χ4n) is 2.91. The maximum Gasteiger partial charge on any atom is 0.191 e. The van der Waals surface area contributed by atoms with Gasteiger partial charge in [-0.05, 0) is 48.1 Å². The third-order valence-electron chi connectivity index (χ3n) is 4.46. The van der Waals surface area contributed by atoms with E-state index >= 15 is 0 Å². The number of nitrogens with zero attached hydrogens (tertiary/aromatic N) is 1. The Morgan fingerprint density at radius 3 is 2.19 bits per heavy atom. The molecule has 0 saturated carbocycles. The van der Waals surface area contributed by atoms with Crippen LogP contribution in [0.25, 0.3) is 0 Å². The largest absolute Gasteiger partial charge is 0.356 e. The number of aliphatic imine (C=N–C) groups is 1. The van der Waals surface area contributed by atoms with Crippen LogP contribution in [0, 0.1) is 6.92 Å². The monoisotopic (exact) mass is 387 g/mol. The molecular formula is C21H29N3O2S. The first kappa shape index (κ1) is 21.0. The van der Waals surface area contributed by atoms with Crippen LogP contribution in [-0.4, -0.2) is 34.2 Å². The Bertz CT molecular complexity index is 888. The highest BCUT2D eigenvalue weighted by atomic mass is 32.2. The lowest BCUT2D eigenvalue weighted by molar-refractivity contribution is 0.601. The fraction of sp³-hybridized carbons (Fsp3) is 0.381. The van der Waals surface area contributed by atoms with Crippen LogP contribution in [0.4, 0.5) is 0 Å². The summed E-state index contributed by atoms with van der Waals surface area (Å²) in [5.74, 6) is 0.727. The summed E-state index contributed by atoms with van der Waals surface area (Å²) in [6, 6.07) is 14.1. The van der Waals surface area contributed by atoms with Gasteiger partial charge in [-0.15, -0.1) is 0 Å². The molecule has 2 aromatic carbocycles. The van der Waals surface area contributed by atoms with E-state index in [4.69, 9.17) is 0 Å². The molecule has 0 aliphatic heterocycles. The molecule has 0 aliphatic carbocycles. The van der Waals surface area contributed by atoms with Crippen molar-refractivity contribution < 1.29 is 8.42 Å². The smallest absolute Gasteiger partial charge is 0.191 e. The summed E-state index contributed by atoms with van der Waals surface area (Å²) < 4.78 is 23.4. The minimum atomic E-state index is -3.19. The summed E-state index contributed by atoms with van der Waals surface area (Å²) in [6.45, 7) is 5.34. The number of sulfone groups is 1. The SMILES string of the molecule is CCc1ccc(CCNC(=NC)NCc2ccc(S(C)(=O)=O)c(C)c2)cc1. The minimum absolute atomic E-state index is 0.378. The summed E-state index contributed by atoms with van der Waals surface area (Å²) in [5.41, 5.74) is 4.41. The normalized spacial score (nSPS) is 12.1. The third-order valence-corrected chi connectivity index (χ3v) is 5.72. The number of hydrogen-bond acceptors (Lipinski definition) is 3. The molecule has 0 spiro atoms. The van der Waals surface area contributed by atoms with E-state index in [1.54, 1.807) is 13.1 Å². The molecule has 5 nitrogen and oxygen atoms in total. The first-order valence-electron chi connectivity index (χ1n) is 9.15. The van der Waals surface area contributed by atoms with Crippen molar-refractivity contribution in [2.24, 2.45) is 4.99 Å². The highest BCUT2D eigenvalue weighted by molar-refractivity contribution is 7.90. The van der Waals surface area contributed by atoms with Gasteiger partial charge in [0.15, 0.2) is 15.8 Å². The Balaban J connectivity index is 1.85. The molecule has 0 atom stereocenters. The van der Waals surface area contributed by atoms with E-state index in [-0.39, 0.29) is 0 Å². The lowest BCUT2D eigenvalue weighted by atomic mass is 10.1. The molecule has 6 heteroatoms. The average molecular weight is 388 g/mol. The Morgan fingerprint density at radius 2 is 1.63 bits per heavy atom. The number of guanidine groups is 1. The molecule has 0 bridgehead atoms. The second-order valence-electron chi connectivity index (χ2n) is 6.64. The number of rotatable bonds is 7. The van der Waals surface area contributed by atoms with Crippen LogP contribution in [0.1, 0.15) is 29.2 Å². The predicted octanol–water partition coefficient (Wildman–Crippen LogP) is 2.87. The molecule has 0 fully saturated rings. The van der Waals surface area contributed by atoms with E-state index in [9.17, 15) is 8.42 Å². The summed E-state index contributed by atoms with van der Waals surface area (Å²) in [5, 5.41) is 6.58. The first-order chi connectivity index (χ1) is 12.8. The van der Waals surface area contributed by atoms with Crippen LogP contribution < -0.4 is 10.6 Å². The quantitative estimate of drug-likeness (QED) is 0.566. The number of nitrogens with one attached hydrogen (secondary N) is 2. The molecular weight excluding hydrogens is 358 g/mol. The number of hydrogen-bond donors (Lipinski definition) is 2. The Labute approximate surface area is 162 Å². The first-order valence-corrected chi connectivity index (χ1v) is 11.0. The highest BCUT2D eigenvalue weighted by Crippen LogP contribution is 2.16. The Kier molecular flexibility index (Phi) is 7.42. The molecule has 0 aliphatic rings. The van der Waals surface area contributed by atoms with Crippen molar-refractivity contribution in [3.05, 3.63) is 64.7 Å². The third kappa shape index (κ3) is 6.40. The molecule has 2 N–H and O–H groups in total. The van der Waals surface area contributed by atoms with Crippen molar-refractivity contribution in [2.45, 2.75) is 38.1 Å². The van der Waals surface area contributed by atoms with Gasteiger partial charge in [-0.3, -0.25) is 4.99 Å². The summed E-state index contributed by atoms with van der Waals surface area (Å²) in [4.78, 5) is 4.62. The van der Waals surface area contributed by atoms with Gasteiger partial charge in [-0.25, -0.2) is 8.42 Å². The number of aryl methyl sites for hydroxylation is 2. The molecule has 27 heavy (non-hydrogen) atoms. The molecule has 2 rings (SSSR count). The van der Waals surface area contributed by atoms with Gasteiger partial charge in [0, 0.05) is 26.4 Å². The van der Waals surface area contributed by atoms with Gasteiger partial charge < -0.3 is 10.6 Å². The van der Waals surface area contributed by atoms with E-state index < -0.39 is 9.84 Å². The van der Waals surface area contributed by atoms with Gasteiger partial charge in [0.05, 0.1) is 4.90 Å². The van der Waals surface area contributed by atoms with E-state index in [1.165, 1.54) is 17.4 Å². The van der Waals surface area contributed by atoms with E-state index in [1.807, 2.05) is 19.1 Å². The van der Waals surface area contributed by atoms with Gasteiger partial charge in [0.25, 0.3) is 0 Å². The van der Waals surface area contributed by atoms with Crippen LogP contribution >= 0.6 is 0 Å². The maximum atomic E-state index is 11.7. The van der Waals surface area contributed by atoms with Crippen molar-refractivity contribution in [1.82, 2.24) is 10.6 Å². The molecule has 0 saturated heterocycles. The van der Waals surface area contributed by atoms with Crippen LogP contribution in [0.3, 0.4) is 0 Å². The molecule has 0 aromatic heterocycles. The van der Waals surface area contributed by atoms with Gasteiger partial charge in [0.1, 0.15) is 0 Å². The zero-order chi connectivity index (χ0) is 19.9. The molecule has 2 aromatic rings. The van der Waals surface area contributed by atoms with Crippen LogP contribution in [0.5, 0.6) is 0 Å². The maximum absolute atomic E-state index is 11.7. The van der Waals surface area contributed by atoms with Gasteiger partial charge >= 0.3 is 0 Å². The van der Waals surface area contributed by atoms with Crippen molar-refractivity contribution >= 4 is 15.8 Å². The van der Waals surface area contributed by atoms with Crippen molar-refractivity contribution in [1.29, 1.82) is 0 Å². The van der Waals surface area contributed by atoms with Crippen molar-refractivity contribution in [3.63, 3.8) is 0 Å². The second-order valence-corrected chi connectivity index (χ2v) is 8.63. The molecule has 0 heterocycles. The summed E-state index contributed by atoms with van der Waals surface area (Å²) in [6.07, 6.45) is 3.21.